The highest BCUT2D eigenvalue weighted by Gasteiger charge is 2.19. The lowest BCUT2D eigenvalue weighted by molar-refractivity contribution is -0.384. The number of carboxylic acids is 1. The smallest absolute Gasteiger partial charge is 0.337 e. The molecule has 0 unspecified atom stereocenters. The molecule has 0 aromatic heterocycles. The summed E-state index contributed by atoms with van der Waals surface area (Å²) in [4.78, 5) is 20.3. The van der Waals surface area contributed by atoms with Crippen molar-refractivity contribution in [3.63, 3.8) is 0 Å². The number of benzene rings is 1. The zero-order valence-electron chi connectivity index (χ0n) is 7.10. The van der Waals surface area contributed by atoms with Crippen molar-refractivity contribution in [1.82, 2.24) is 0 Å². The van der Waals surface area contributed by atoms with E-state index < -0.39 is 22.1 Å². The van der Waals surface area contributed by atoms with Gasteiger partial charge in [0.05, 0.1) is 21.1 Å². The number of nitrogens with zero attached hydrogens (tertiary/aromatic N) is 2. The van der Waals surface area contributed by atoms with Crippen LogP contribution < -0.4 is 0 Å². The van der Waals surface area contributed by atoms with Crippen LogP contribution >= 0.6 is 11.6 Å². The maximum Gasteiger partial charge on any atom is 0.337 e. The highest BCUT2D eigenvalue weighted by atomic mass is 35.5. The SMILES string of the molecule is N#Cc1cc([N+](=O)[O-])cc(C(=O)O)c1Cl. The average Bonchev–Trinajstić information content (AvgIpc) is 2.17. The van der Waals surface area contributed by atoms with Gasteiger partial charge >= 0.3 is 5.97 Å². The van der Waals surface area contributed by atoms with Gasteiger partial charge in [-0.3, -0.25) is 10.1 Å². The molecule has 1 N–H and O–H groups in total. The van der Waals surface area contributed by atoms with Crippen molar-refractivity contribution in [3.8, 4) is 6.07 Å². The van der Waals surface area contributed by atoms with E-state index in [0.29, 0.717) is 0 Å². The molecule has 0 heterocycles. The molecule has 0 aliphatic heterocycles. The normalized spacial score (nSPS) is 9.33. The number of hydrogen-bond donors (Lipinski definition) is 1. The van der Waals surface area contributed by atoms with Crippen LogP contribution in [0.5, 0.6) is 0 Å². The number of rotatable bonds is 2. The van der Waals surface area contributed by atoms with Gasteiger partial charge in [-0.1, -0.05) is 11.6 Å². The molecule has 0 saturated carbocycles. The summed E-state index contributed by atoms with van der Waals surface area (Å²) in [5.74, 6) is -1.42. The van der Waals surface area contributed by atoms with Crippen LogP contribution in [0.15, 0.2) is 12.1 Å². The first-order chi connectivity index (χ1) is 6.97. The molecule has 0 fully saturated rings. The lowest BCUT2D eigenvalue weighted by Gasteiger charge is -2.00. The van der Waals surface area contributed by atoms with Gasteiger partial charge in [0.2, 0.25) is 0 Å². The van der Waals surface area contributed by atoms with Gasteiger partial charge in [-0.05, 0) is 0 Å². The summed E-state index contributed by atoms with van der Waals surface area (Å²) in [6.45, 7) is 0. The van der Waals surface area contributed by atoms with Crippen LogP contribution in [0.2, 0.25) is 5.02 Å². The zero-order chi connectivity index (χ0) is 11.6. The lowest BCUT2D eigenvalue weighted by Crippen LogP contribution is -2.01. The van der Waals surface area contributed by atoms with Gasteiger partial charge in [0.1, 0.15) is 6.07 Å². The Morgan fingerprint density at radius 1 is 1.60 bits per heavy atom. The summed E-state index contributed by atoms with van der Waals surface area (Å²) < 4.78 is 0. The van der Waals surface area contributed by atoms with E-state index >= 15 is 0 Å². The number of non-ortho nitro benzene ring substituents is 1. The maximum absolute atomic E-state index is 10.6. The molecule has 0 saturated heterocycles. The minimum absolute atomic E-state index is 0.233. The maximum atomic E-state index is 10.6. The van der Waals surface area contributed by atoms with Crippen molar-refractivity contribution in [3.05, 3.63) is 38.4 Å². The van der Waals surface area contributed by atoms with Gasteiger partial charge in [-0.25, -0.2) is 4.79 Å². The largest absolute Gasteiger partial charge is 0.478 e. The Labute approximate surface area is 88.5 Å². The molecule has 6 nitrogen and oxygen atoms in total. The summed E-state index contributed by atoms with van der Waals surface area (Å²) in [7, 11) is 0. The lowest BCUT2D eigenvalue weighted by atomic mass is 10.1. The summed E-state index contributed by atoms with van der Waals surface area (Å²) in [5.41, 5.74) is -1.17. The van der Waals surface area contributed by atoms with E-state index in [9.17, 15) is 14.9 Å². The van der Waals surface area contributed by atoms with Crippen molar-refractivity contribution in [2.45, 2.75) is 0 Å². The van der Waals surface area contributed by atoms with Crippen LogP contribution in [0.4, 0.5) is 5.69 Å². The monoisotopic (exact) mass is 226 g/mol. The Bertz CT molecular complexity index is 492. The first-order valence-electron chi connectivity index (χ1n) is 3.58. The minimum Gasteiger partial charge on any atom is -0.478 e. The van der Waals surface area contributed by atoms with Crippen molar-refractivity contribution < 1.29 is 14.8 Å². The van der Waals surface area contributed by atoms with Gasteiger partial charge in [0.15, 0.2) is 0 Å². The zero-order valence-corrected chi connectivity index (χ0v) is 7.85. The summed E-state index contributed by atoms with van der Waals surface area (Å²) in [6, 6.07) is 3.32. The Hall–Kier alpha value is -2.13. The third kappa shape index (κ3) is 2.03. The van der Waals surface area contributed by atoms with Gasteiger partial charge in [0, 0.05) is 12.1 Å². The van der Waals surface area contributed by atoms with E-state index in [2.05, 4.69) is 0 Å². The molecule has 7 heteroatoms. The summed E-state index contributed by atoms with van der Waals surface area (Å²) in [6.07, 6.45) is 0. The molecule has 0 atom stereocenters. The van der Waals surface area contributed by atoms with Gasteiger partial charge < -0.3 is 5.11 Å². The molecule has 0 bridgehead atoms. The average molecular weight is 227 g/mol. The van der Waals surface area contributed by atoms with Crippen LogP contribution in [-0.4, -0.2) is 16.0 Å². The minimum atomic E-state index is -1.42. The second-order valence-corrected chi connectivity index (χ2v) is 2.91. The molecule has 76 valence electrons. The standard InChI is InChI=1S/C8H3ClN2O4/c9-7-4(3-10)1-5(11(14)15)2-6(7)8(12)13/h1-2H,(H,12,13). The molecule has 0 amide bonds. The van der Waals surface area contributed by atoms with E-state index in [0.717, 1.165) is 12.1 Å². The van der Waals surface area contributed by atoms with Crippen LogP contribution in [-0.2, 0) is 0 Å². The Morgan fingerprint density at radius 3 is 2.60 bits per heavy atom. The molecule has 1 aromatic carbocycles. The Morgan fingerprint density at radius 2 is 2.20 bits per heavy atom. The predicted octanol–water partition coefficient (Wildman–Crippen LogP) is 1.82. The number of nitro benzene ring substituents is 1. The van der Waals surface area contributed by atoms with Crippen molar-refractivity contribution in [2.75, 3.05) is 0 Å². The van der Waals surface area contributed by atoms with Crippen LogP contribution in [0.3, 0.4) is 0 Å². The quantitative estimate of drug-likeness (QED) is 0.612. The van der Waals surface area contributed by atoms with E-state index in [1.807, 2.05) is 0 Å². The number of hydrogen-bond acceptors (Lipinski definition) is 4. The van der Waals surface area contributed by atoms with Crippen molar-refractivity contribution in [1.29, 1.82) is 5.26 Å². The molecule has 0 aliphatic carbocycles. The first-order valence-corrected chi connectivity index (χ1v) is 3.96. The number of halogens is 1. The molecule has 1 rings (SSSR count). The molecular weight excluding hydrogens is 224 g/mol. The Kier molecular flexibility index (Phi) is 2.87. The van der Waals surface area contributed by atoms with Gasteiger partial charge in [-0.15, -0.1) is 0 Å². The molecule has 0 aliphatic rings. The topological polar surface area (TPSA) is 104 Å². The molecule has 0 radical (unpaired) electrons. The number of nitro groups is 1. The fourth-order valence-corrected chi connectivity index (χ4v) is 1.18. The highest BCUT2D eigenvalue weighted by Crippen LogP contribution is 2.26. The van der Waals surface area contributed by atoms with Crippen LogP contribution in [0.25, 0.3) is 0 Å². The third-order valence-electron chi connectivity index (χ3n) is 1.62. The molecule has 1 aromatic rings. The number of aromatic carboxylic acids is 1. The van der Waals surface area contributed by atoms with Crippen LogP contribution in [0.1, 0.15) is 15.9 Å². The van der Waals surface area contributed by atoms with Crippen molar-refractivity contribution >= 4 is 23.3 Å². The molecular formula is C8H3ClN2O4. The Balaban J connectivity index is 3.54. The first kappa shape index (κ1) is 10.9. The number of carboxylic acid groups (broad SMARTS) is 1. The van der Waals surface area contributed by atoms with E-state index in [1.54, 1.807) is 6.07 Å². The summed E-state index contributed by atoms with van der Waals surface area (Å²) >= 11 is 5.55. The van der Waals surface area contributed by atoms with E-state index in [4.69, 9.17) is 22.0 Å². The molecule has 0 spiro atoms. The van der Waals surface area contributed by atoms with Crippen LogP contribution in [0, 0.1) is 21.4 Å². The third-order valence-corrected chi connectivity index (χ3v) is 2.03. The summed E-state index contributed by atoms with van der Waals surface area (Å²) in [5, 5.41) is 27.4. The van der Waals surface area contributed by atoms with Gasteiger partial charge in [0.25, 0.3) is 5.69 Å². The highest BCUT2D eigenvalue weighted by molar-refractivity contribution is 6.34. The second kappa shape index (κ2) is 3.94. The van der Waals surface area contributed by atoms with Crippen molar-refractivity contribution in [2.24, 2.45) is 0 Å². The fourth-order valence-electron chi connectivity index (χ4n) is 0.952. The van der Waals surface area contributed by atoms with E-state index in [1.165, 1.54) is 0 Å². The second-order valence-electron chi connectivity index (χ2n) is 2.53. The van der Waals surface area contributed by atoms with Gasteiger partial charge in [-0.2, -0.15) is 5.26 Å². The number of nitriles is 1. The molecule has 15 heavy (non-hydrogen) atoms. The van der Waals surface area contributed by atoms with E-state index in [-0.39, 0.29) is 10.6 Å². The fraction of sp³-hybridized carbons (Fsp3) is 0. The predicted molar refractivity (Wildman–Crippen MR) is 49.8 cm³/mol. The number of carbonyl (C=O) groups is 1.